The highest BCUT2D eigenvalue weighted by molar-refractivity contribution is 7.89. The molecular formula is C24H34N4O4S2. The highest BCUT2D eigenvalue weighted by Gasteiger charge is 2.30. The van der Waals surface area contributed by atoms with E-state index in [-0.39, 0.29) is 16.7 Å². The molecule has 1 aromatic carbocycles. The molecule has 1 aliphatic heterocycles. The Bertz CT molecular complexity index is 1140. The molecular weight excluding hydrogens is 472 g/mol. The molecule has 2 amide bonds. The number of hydrogen-bond acceptors (Lipinski definition) is 6. The SMILES string of the molecule is CCCN1CCc2c(sc(NC(=O)c3ccc(S(=O)(=O)N(C)C)cc3)c2C(=O)N(CC)CC)C1. The molecule has 34 heavy (non-hydrogen) atoms. The summed E-state index contributed by atoms with van der Waals surface area (Å²) in [6.45, 7) is 9.91. The van der Waals surface area contributed by atoms with Crippen molar-refractivity contribution in [2.24, 2.45) is 0 Å². The molecule has 0 unspecified atom stereocenters. The summed E-state index contributed by atoms with van der Waals surface area (Å²) in [4.78, 5) is 31.9. The van der Waals surface area contributed by atoms with Crippen molar-refractivity contribution in [1.29, 1.82) is 0 Å². The molecule has 0 saturated carbocycles. The number of carbonyl (C=O) groups is 2. The van der Waals surface area contributed by atoms with Crippen LogP contribution in [-0.2, 0) is 23.0 Å². The topological polar surface area (TPSA) is 90.0 Å². The standard InChI is InChI=1S/C24H34N4O4S2/c1-6-14-27-15-13-19-20(16-27)33-23(21(19)24(30)28(7-2)8-3)25-22(29)17-9-11-18(12-10-17)34(31,32)26(4)5/h9-12H,6-8,13-16H2,1-5H3,(H,25,29). The van der Waals surface area contributed by atoms with Crippen molar-refractivity contribution in [3.63, 3.8) is 0 Å². The van der Waals surface area contributed by atoms with Gasteiger partial charge in [0, 0.05) is 50.7 Å². The number of nitrogens with one attached hydrogen (secondary N) is 1. The molecule has 3 rings (SSSR count). The zero-order chi connectivity index (χ0) is 25.0. The van der Waals surface area contributed by atoms with Gasteiger partial charge in [-0.3, -0.25) is 14.5 Å². The zero-order valence-corrected chi connectivity index (χ0v) is 22.2. The number of carbonyl (C=O) groups excluding carboxylic acids is 2. The Labute approximate surface area is 206 Å². The Morgan fingerprint density at radius 1 is 1.09 bits per heavy atom. The van der Waals surface area contributed by atoms with Gasteiger partial charge in [0.15, 0.2) is 0 Å². The van der Waals surface area contributed by atoms with Crippen molar-refractivity contribution < 1.29 is 18.0 Å². The number of rotatable bonds is 9. The predicted octanol–water partition coefficient (Wildman–Crippen LogP) is 3.50. The molecule has 0 aliphatic carbocycles. The Balaban J connectivity index is 1.93. The molecule has 10 heteroatoms. The monoisotopic (exact) mass is 506 g/mol. The van der Waals surface area contributed by atoms with Crippen LogP contribution in [0.3, 0.4) is 0 Å². The average Bonchev–Trinajstić information content (AvgIpc) is 3.16. The maximum absolute atomic E-state index is 13.4. The summed E-state index contributed by atoms with van der Waals surface area (Å²) >= 11 is 1.47. The van der Waals surface area contributed by atoms with E-state index in [1.165, 1.54) is 49.7 Å². The van der Waals surface area contributed by atoms with Crippen LogP contribution in [0.15, 0.2) is 29.2 Å². The van der Waals surface area contributed by atoms with Gasteiger partial charge in [-0.1, -0.05) is 6.92 Å². The highest BCUT2D eigenvalue weighted by atomic mass is 32.2. The molecule has 0 bridgehead atoms. The summed E-state index contributed by atoms with van der Waals surface area (Å²) in [5, 5.41) is 3.51. The summed E-state index contributed by atoms with van der Waals surface area (Å²) in [5.41, 5.74) is 1.97. The Kier molecular flexibility index (Phi) is 8.51. The lowest BCUT2D eigenvalue weighted by Crippen LogP contribution is -2.34. The van der Waals surface area contributed by atoms with Gasteiger partial charge in [-0.15, -0.1) is 11.3 Å². The maximum atomic E-state index is 13.4. The first kappa shape index (κ1) is 26.3. The van der Waals surface area contributed by atoms with Crippen molar-refractivity contribution in [3.8, 4) is 0 Å². The van der Waals surface area contributed by atoms with E-state index in [1.807, 2.05) is 13.8 Å². The fourth-order valence-corrected chi connectivity index (χ4v) is 6.29. The van der Waals surface area contributed by atoms with E-state index in [1.54, 1.807) is 4.90 Å². The van der Waals surface area contributed by atoms with Gasteiger partial charge in [-0.2, -0.15) is 0 Å². The van der Waals surface area contributed by atoms with Gasteiger partial charge in [0.05, 0.1) is 10.5 Å². The summed E-state index contributed by atoms with van der Waals surface area (Å²) < 4.78 is 25.8. The van der Waals surface area contributed by atoms with Gasteiger partial charge in [-0.05, 0) is 63.1 Å². The lowest BCUT2D eigenvalue weighted by atomic mass is 10.0. The van der Waals surface area contributed by atoms with Crippen molar-refractivity contribution in [2.75, 3.05) is 45.6 Å². The van der Waals surface area contributed by atoms with Crippen LogP contribution in [0, 0.1) is 0 Å². The van der Waals surface area contributed by atoms with Crippen molar-refractivity contribution >= 4 is 38.2 Å². The summed E-state index contributed by atoms with van der Waals surface area (Å²) in [6.07, 6.45) is 1.84. The first-order valence-electron chi connectivity index (χ1n) is 11.6. The minimum absolute atomic E-state index is 0.0610. The van der Waals surface area contributed by atoms with E-state index >= 15 is 0 Å². The fourth-order valence-electron chi connectivity index (χ4n) is 4.11. The fraction of sp³-hybridized carbons (Fsp3) is 0.500. The number of anilines is 1. The largest absolute Gasteiger partial charge is 0.339 e. The summed E-state index contributed by atoms with van der Waals surface area (Å²) in [6, 6.07) is 5.84. The number of hydrogen-bond donors (Lipinski definition) is 1. The minimum Gasteiger partial charge on any atom is -0.339 e. The molecule has 2 heterocycles. The number of fused-ring (bicyclic) bond motifs is 1. The lowest BCUT2D eigenvalue weighted by Gasteiger charge is -2.27. The van der Waals surface area contributed by atoms with Gasteiger partial charge in [0.2, 0.25) is 10.0 Å². The van der Waals surface area contributed by atoms with E-state index < -0.39 is 10.0 Å². The van der Waals surface area contributed by atoms with Crippen LogP contribution in [0.25, 0.3) is 0 Å². The van der Waals surface area contributed by atoms with Crippen LogP contribution in [0.5, 0.6) is 0 Å². The molecule has 2 aromatic rings. The number of sulfonamides is 1. The molecule has 1 aromatic heterocycles. The van der Waals surface area contributed by atoms with Crippen LogP contribution in [0.4, 0.5) is 5.00 Å². The Morgan fingerprint density at radius 3 is 2.29 bits per heavy atom. The van der Waals surface area contributed by atoms with E-state index in [2.05, 4.69) is 17.1 Å². The van der Waals surface area contributed by atoms with Crippen LogP contribution >= 0.6 is 11.3 Å². The molecule has 0 radical (unpaired) electrons. The average molecular weight is 507 g/mol. The second kappa shape index (κ2) is 11.0. The second-order valence-electron chi connectivity index (χ2n) is 8.48. The molecule has 1 N–H and O–H groups in total. The van der Waals surface area contributed by atoms with Crippen LogP contribution in [0.1, 0.15) is 58.3 Å². The third-order valence-corrected chi connectivity index (χ3v) is 9.02. The van der Waals surface area contributed by atoms with Crippen LogP contribution in [0.2, 0.25) is 0 Å². The molecule has 1 aliphatic rings. The molecule has 8 nitrogen and oxygen atoms in total. The summed E-state index contributed by atoms with van der Waals surface area (Å²) in [5.74, 6) is -0.430. The minimum atomic E-state index is -3.57. The maximum Gasteiger partial charge on any atom is 0.257 e. The number of nitrogens with zero attached hydrogens (tertiary/aromatic N) is 3. The van der Waals surface area contributed by atoms with E-state index in [0.29, 0.717) is 29.2 Å². The smallest absolute Gasteiger partial charge is 0.257 e. The van der Waals surface area contributed by atoms with Gasteiger partial charge in [0.1, 0.15) is 5.00 Å². The van der Waals surface area contributed by atoms with Gasteiger partial charge >= 0.3 is 0 Å². The van der Waals surface area contributed by atoms with Crippen LogP contribution in [-0.4, -0.2) is 74.6 Å². The predicted molar refractivity (Wildman–Crippen MR) is 136 cm³/mol. The first-order chi connectivity index (χ1) is 16.1. The molecule has 186 valence electrons. The van der Waals surface area contributed by atoms with Crippen LogP contribution < -0.4 is 5.32 Å². The number of benzene rings is 1. The Hall–Kier alpha value is -2.27. The lowest BCUT2D eigenvalue weighted by molar-refractivity contribution is 0.0772. The summed E-state index contributed by atoms with van der Waals surface area (Å²) in [7, 11) is -0.649. The zero-order valence-electron chi connectivity index (χ0n) is 20.6. The number of thiophene rings is 1. The normalized spacial score (nSPS) is 14.2. The van der Waals surface area contributed by atoms with E-state index in [4.69, 9.17) is 0 Å². The van der Waals surface area contributed by atoms with Crippen molar-refractivity contribution in [2.45, 2.75) is 45.1 Å². The first-order valence-corrected chi connectivity index (χ1v) is 13.9. The highest BCUT2D eigenvalue weighted by Crippen LogP contribution is 2.38. The quantitative estimate of drug-likeness (QED) is 0.562. The third kappa shape index (κ3) is 5.35. The molecule has 0 saturated heterocycles. The third-order valence-electron chi connectivity index (χ3n) is 6.06. The number of amides is 2. The Morgan fingerprint density at radius 2 is 1.74 bits per heavy atom. The van der Waals surface area contributed by atoms with E-state index in [9.17, 15) is 18.0 Å². The van der Waals surface area contributed by atoms with Gasteiger partial charge in [0.25, 0.3) is 11.8 Å². The molecule has 0 atom stereocenters. The van der Waals surface area contributed by atoms with Gasteiger partial charge < -0.3 is 10.2 Å². The second-order valence-corrected chi connectivity index (χ2v) is 11.7. The molecule has 0 fully saturated rings. The van der Waals surface area contributed by atoms with Crippen molar-refractivity contribution in [3.05, 3.63) is 45.8 Å². The van der Waals surface area contributed by atoms with Crippen molar-refractivity contribution in [1.82, 2.24) is 14.1 Å². The van der Waals surface area contributed by atoms with E-state index in [0.717, 1.165) is 47.2 Å². The molecule has 0 spiro atoms. The van der Waals surface area contributed by atoms with Gasteiger partial charge in [-0.25, -0.2) is 12.7 Å².